The van der Waals surface area contributed by atoms with E-state index >= 15 is 0 Å². The number of hydrogen-bond donors (Lipinski definition) is 0. The number of benzene rings is 2. The first-order valence-corrected chi connectivity index (χ1v) is 8.43. The van der Waals surface area contributed by atoms with E-state index in [1.54, 1.807) is 12.1 Å². The topological polar surface area (TPSA) is 0 Å². The molecule has 0 aliphatic heterocycles. The lowest BCUT2D eigenvalue weighted by Crippen LogP contribution is -2.12. The van der Waals surface area contributed by atoms with Crippen LogP contribution in [0.25, 0.3) is 11.1 Å². The van der Waals surface area contributed by atoms with Gasteiger partial charge in [-0.1, -0.05) is 44.0 Å². The molecule has 0 unspecified atom stereocenters. The van der Waals surface area contributed by atoms with Gasteiger partial charge in [-0.05, 0) is 47.9 Å². The second kappa shape index (κ2) is 6.77. The molecular formula is C20H19F5. The van der Waals surface area contributed by atoms with Crippen molar-refractivity contribution in [1.82, 2.24) is 0 Å². The van der Waals surface area contributed by atoms with Gasteiger partial charge in [0.15, 0.2) is 0 Å². The molecule has 0 spiro atoms. The summed E-state index contributed by atoms with van der Waals surface area (Å²) in [6.45, 7) is 2.23. The summed E-state index contributed by atoms with van der Waals surface area (Å²) in [6, 6.07) is 8.63. The zero-order chi connectivity index (χ0) is 18.2. The Kier molecular flexibility index (Phi) is 4.85. The average Bonchev–Trinajstić information content (AvgIpc) is 2.55. The van der Waals surface area contributed by atoms with E-state index in [0.717, 1.165) is 43.2 Å². The van der Waals surface area contributed by atoms with Crippen LogP contribution in [0.15, 0.2) is 36.4 Å². The van der Waals surface area contributed by atoms with Crippen LogP contribution < -0.4 is 0 Å². The molecule has 2 aromatic rings. The van der Waals surface area contributed by atoms with Gasteiger partial charge in [0.05, 0.1) is 0 Å². The highest BCUT2D eigenvalue weighted by Gasteiger charge is 2.38. The smallest absolute Gasteiger partial charge is 0.206 e. The van der Waals surface area contributed by atoms with Crippen LogP contribution in [0.1, 0.15) is 49.7 Å². The van der Waals surface area contributed by atoms with Gasteiger partial charge in [0, 0.05) is 5.56 Å². The van der Waals surface area contributed by atoms with Crippen molar-refractivity contribution >= 4 is 0 Å². The van der Waals surface area contributed by atoms with Crippen LogP contribution in [-0.2, 0) is 6.18 Å². The lowest BCUT2D eigenvalue weighted by atomic mass is 9.79. The Morgan fingerprint density at radius 1 is 0.840 bits per heavy atom. The molecule has 1 aliphatic rings. The Hall–Kier alpha value is -1.91. The maximum Gasteiger partial charge on any atom is 0.422 e. The Balaban J connectivity index is 1.90. The fourth-order valence-electron chi connectivity index (χ4n) is 3.56. The minimum absolute atomic E-state index is 0.238. The van der Waals surface area contributed by atoms with E-state index in [0.29, 0.717) is 17.5 Å². The molecule has 2 aromatic carbocycles. The molecule has 0 heterocycles. The van der Waals surface area contributed by atoms with Crippen molar-refractivity contribution in [2.45, 2.75) is 44.7 Å². The number of halogens is 5. The number of alkyl halides is 3. The third-order valence-corrected chi connectivity index (χ3v) is 5.08. The summed E-state index contributed by atoms with van der Waals surface area (Å²) in [6.07, 6.45) is -0.571. The summed E-state index contributed by atoms with van der Waals surface area (Å²) in [5.74, 6) is -1.99. The van der Waals surface area contributed by atoms with Gasteiger partial charge in [0.2, 0.25) is 0 Å². The van der Waals surface area contributed by atoms with Crippen LogP contribution in [0.2, 0.25) is 0 Å². The van der Waals surface area contributed by atoms with Crippen molar-refractivity contribution in [3.63, 3.8) is 0 Å². The predicted octanol–water partition coefficient (Wildman–Crippen LogP) is 6.94. The van der Waals surface area contributed by atoms with E-state index in [9.17, 15) is 22.0 Å². The fraction of sp³-hybridized carbons (Fsp3) is 0.400. The molecule has 134 valence electrons. The molecule has 1 saturated carbocycles. The maximum atomic E-state index is 14.3. The maximum absolute atomic E-state index is 14.3. The van der Waals surface area contributed by atoms with E-state index in [1.807, 2.05) is 12.1 Å². The van der Waals surface area contributed by atoms with Gasteiger partial charge in [-0.25, -0.2) is 8.78 Å². The highest BCUT2D eigenvalue weighted by atomic mass is 19.4. The van der Waals surface area contributed by atoms with Crippen LogP contribution in [0.5, 0.6) is 0 Å². The van der Waals surface area contributed by atoms with E-state index in [1.165, 1.54) is 0 Å². The third-order valence-electron chi connectivity index (χ3n) is 5.08. The van der Waals surface area contributed by atoms with E-state index < -0.39 is 23.4 Å². The first-order chi connectivity index (χ1) is 11.8. The van der Waals surface area contributed by atoms with E-state index in [2.05, 4.69) is 6.92 Å². The highest BCUT2D eigenvalue weighted by molar-refractivity contribution is 5.66. The van der Waals surface area contributed by atoms with Gasteiger partial charge in [-0.15, -0.1) is 0 Å². The van der Waals surface area contributed by atoms with Gasteiger partial charge < -0.3 is 0 Å². The molecule has 5 heteroatoms. The van der Waals surface area contributed by atoms with E-state index in [-0.39, 0.29) is 5.56 Å². The van der Waals surface area contributed by atoms with Crippen LogP contribution in [0, 0.1) is 17.6 Å². The molecule has 1 fully saturated rings. The van der Waals surface area contributed by atoms with E-state index in [4.69, 9.17) is 0 Å². The molecule has 0 bridgehead atoms. The Morgan fingerprint density at radius 3 is 2.00 bits per heavy atom. The zero-order valence-corrected chi connectivity index (χ0v) is 13.8. The summed E-state index contributed by atoms with van der Waals surface area (Å²) in [5, 5.41) is 0. The third kappa shape index (κ3) is 3.70. The highest BCUT2D eigenvalue weighted by Crippen LogP contribution is 2.39. The second-order valence-corrected chi connectivity index (χ2v) is 6.86. The molecular weight excluding hydrogens is 335 g/mol. The lowest BCUT2D eigenvalue weighted by molar-refractivity contribution is -0.142. The molecule has 0 saturated heterocycles. The molecule has 3 rings (SSSR count). The first kappa shape index (κ1) is 17.9. The fourth-order valence-corrected chi connectivity index (χ4v) is 3.56. The SMILES string of the molecule is CC1CCC(c2ccc(-c3ccc(F)c(C(F)(F)F)c3F)cc2)CC1. The lowest BCUT2D eigenvalue weighted by Gasteiger charge is -2.26. The monoisotopic (exact) mass is 354 g/mol. The van der Waals surface area contributed by atoms with Gasteiger partial charge in [-0.3, -0.25) is 0 Å². The molecule has 0 atom stereocenters. The summed E-state index contributed by atoms with van der Waals surface area (Å²) < 4.78 is 66.3. The standard InChI is InChI=1S/C20H19F5/c1-12-2-4-13(5-3-12)14-6-8-15(9-7-14)16-10-11-17(21)18(19(16)22)20(23,24)25/h6-13H,2-5H2,1H3. The molecule has 1 aliphatic carbocycles. The average molecular weight is 354 g/mol. The normalized spacial score (nSPS) is 21.4. The van der Waals surface area contributed by atoms with Crippen molar-refractivity contribution in [1.29, 1.82) is 0 Å². The van der Waals surface area contributed by atoms with Crippen LogP contribution >= 0.6 is 0 Å². The predicted molar refractivity (Wildman–Crippen MR) is 87.2 cm³/mol. The quantitative estimate of drug-likeness (QED) is 0.512. The molecule has 0 amide bonds. The van der Waals surface area contributed by atoms with Crippen molar-refractivity contribution in [2.24, 2.45) is 5.92 Å². The van der Waals surface area contributed by atoms with Crippen LogP contribution in [-0.4, -0.2) is 0 Å². The van der Waals surface area contributed by atoms with Crippen molar-refractivity contribution in [3.8, 4) is 11.1 Å². The molecule has 0 radical (unpaired) electrons. The largest absolute Gasteiger partial charge is 0.422 e. The molecule has 0 N–H and O–H groups in total. The summed E-state index contributed by atoms with van der Waals surface area (Å²) in [5.41, 5.74) is -0.641. The Bertz CT molecular complexity index is 738. The number of rotatable bonds is 2. The Morgan fingerprint density at radius 2 is 1.44 bits per heavy atom. The van der Waals surface area contributed by atoms with Gasteiger partial charge >= 0.3 is 6.18 Å². The summed E-state index contributed by atoms with van der Waals surface area (Å²) >= 11 is 0. The molecule has 0 aromatic heterocycles. The minimum Gasteiger partial charge on any atom is -0.206 e. The van der Waals surface area contributed by atoms with Crippen molar-refractivity contribution in [3.05, 3.63) is 59.2 Å². The van der Waals surface area contributed by atoms with Crippen LogP contribution in [0.4, 0.5) is 22.0 Å². The zero-order valence-electron chi connectivity index (χ0n) is 13.8. The second-order valence-electron chi connectivity index (χ2n) is 6.86. The van der Waals surface area contributed by atoms with Gasteiger partial charge in [0.25, 0.3) is 0 Å². The van der Waals surface area contributed by atoms with Gasteiger partial charge in [-0.2, -0.15) is 13.2 Å². The van der Waals surface area contributed by atoms with Crippen molar-refractivity contribution in [2.75, 3.05) is 0 Å². The van der Waals surface area contributed by atoms with Crippen molar-refractivity contribution < 1.29 is 22.0 Å². The van der Waals surface area contributed by atoms with Gasteiger partial charge in [0.1, 0.15) is 17.2 Å². The molecule has 25 heavy (non-hydrogen) atoms. The summed E-state index contributed by atoms with van der Waals surface area (Å²) in [7, 11) is 0. The summed E-state index contributed by atoms with van der Waals surface area (Å²) in [4.78, 5) is 0. The number of hydrogen-bond acceptors (Lipinski definition) is 0. The first-order valence-electron chi connectivity index (χ1n) is 8.43. The Labute approximate surface area is 143 Å². The van der Waals surface area contributed by atoms with Crippen LogP contribution in [0.3, 0.4) is 0 Å². The molecule has 0 nitrogen and oxygen atoms in total. The minimum atomic E-state index is -5.07.